The third-order valence-electron chi connectivity index (χ3n) is 5.90. The van der Waals surface area contributed by atoms with E-state index in [-0.39, 0.29) is 17.0 Å². The van der Waals surface area contributed by atoms with Crippen molar-refractivity contribution in [2.24, 2.45) is 4.99 Å². The van der Waals surface area contributed by atoms with Crippen LogP contribution in [0.5, 0.6) is 5.75 Å². The van der Waals surface area contributed by atoms with Gasteiger partial charge in [-0.15, -0.1) is 0 Å². The highest BCUT2D eigenvalue weighted by atomic mass is 32.2. The Hall–Kier alpha value is -3.02. The molecule has 0 N–H and O–H groups in total. The van der Waals surface area contributed by atoms with Gasteiger partial charge in [-0.05, 0) is 49.2 Å². The molecule has 1 amide bonds. The maximum atomic E-state index is 13.0. The SMILES string of the molecule is COC(=O)Cn1c(=NC(=O)c2ccc(S(=O)(=O)N3CCCCCC3)cc2)sc2cccc(OC)c21. The lowest BCUT2D eigenvalue weighted by atomic mass is 10.2. The van der Waals surface area contributed by atoms with Crippen LogP contribution >= 0.6 is 11.3 Å². The lowest BCUT2D eigenvalue weighted by Crippen LogP contribution is -2.31. The fourth-order valence-electron chi connectivity index (χ4n) is 4.04. The molecule has 0 spiro atoms. The number of para-hydroxylation sites is 1. The van der Waals surface area contributed by atoms with Crippen molar-refractivity contribution >= 4 is 43.5 Å². The molecule has 1 aromatic heterocycles. The van der Waals surface area contributed by atoms with Gasteiger partial charge in [0.1, 0.15) is 17.8 Å². The van der Waals surface area contributed by atoms with Crippen LogP contribution in [0.25, 0.3) is 10.2 Å². The first-order chi connectivity index (χ1) is 16.8. The zero-order chi connectivity index (χ0) is 25.0. The second-order valence-corrected chi connectivity index (χ2v) is 11.1. The van der Waals surface area contributed by atoms with Crippen LogP contribution in [-0.4, -0.2) is 56.5 Å². The summed E-state index contributed by atoms with van der Waals surface area (Å²) < 4.78 is 40.2. The topological polar surface area (TPSA) is 107 Å². The number of ether oxygens (including phenoxy) is 2. The number of methoxy groups -OCH3 is 2. The van der Waals surface area contributed by atoms with E-state index in [2.05, 4.69) is 4.99 Å². The summed E-state index contributed by atoms with van der Waals surface area (Å²) in [6.45, 7) is 0.873. The third-order valence-corrected chi connectivity index (χ3v) is 8.86. The molecule has 0 bridgehead atoms. The van der Waals surface area contributed by atoms with Crippen molar-refractivity contribution in [1.82, 2.24) is 8.87 Å². The van der Waals surface area contributed by atoms with Gasteiger partial charge in [0.15, 0.2) is 4.80 Å². The Balaban J connectivity index is 1.68. The Morgan fingerprint density at radius 1 is 1.00 bits per heavy atom. The summed E-state index contributed by atoms with van der Waals surface area (Å²) in [6.07, 6.45) is 3.75. The summed E-state index contributed by atoms with van der Waals surface area (Å²) in [5, 5.41) is 0. The van der Waals surface area contributed by atoms with Crippen molar-refractivity contribution in [3.63, 3.8) is 0 Å². The average molecular weight is 518 g/mol. The van der Waals surface area contributed by atoms with E-state index >= 15 is 0 Å². The van der Waals surface area contributed by atoms with E-state index < -0.39 is 21.9 Å². The summed E-state index contributed by atoms with van der Waals surface area (Å²) in [5.74, 6) is -0.500. The van der Waals surface area contributed by atoms with Gasteiger partial charge >= 0.3 is 5.97 Å². The number of thiazole rings is 1. The Morgan fingerprint density at radius 2 is 1.69 bits per heavy atom. The lowest BCUT2D eigenvalue weighted by Gasteiger charge is -2.19. The van der Waals surface area contributed by atoms with E-state index in [9.17, 15) is 18.0 Å². The number of nitrogens with zero attached hydrogens (tertiary/aromatic N) is 3. The van der Waals surface area contributed by atoms with Crippen molar-refractivity contribution in [3.05, 3.63) is 52.8 Å². The predicted molar refractivity (Wildman–Crippen MR) is 132 cm³/mol. The summed E-state index contributed by atoms with van der Waals surface area (Å²) in [5.41, 5.74) is 0.879. The quantitative estimate of drug-likeness (QED) is 0.465. The second kappa shape index (κ2) is 10.7. The molecule has 186 valence electrons. The minimum Gasteiger partial charge on any atom is -0.495 e. The van der Waals surface area contributed by atoms with Crippen LogP contribution in [0.15, 0.2) is 52.4 Å². The van der Waals surface area contributed by atoms with E-state index in [1.165, 1.54) is 54.1 Å². The molecule has 2 aromatic carbocycles. The predicted octanol–water partition coefficient (Wildman–Crippen LogP) is 3.19. The van der Waals surface area contributed by atoms with Gasteiger partial charge in [-0.3, -0.25) is 9.59 Å². The molecule has 1 fully saturated rings. The number of hydrogen-bond acceptors (Lipinski definition) is 7. The van der Waals surface area contributed by atoms with Crippen LogP contribution in [0.1, 0.15) is 36.0 Å². The number of carbonyl (C=O) groups is 2. The maximum Gasteiger partial charge on any atom is 0.325 e. The van der Waals surface area contributed by atoms with Crippen LogP contribution in [0.4, 0.5) is 0 Å². The Kier molecular flexibility index (Phi) is 7.68. The van der Waals surface area contributed by atoms with Crippen molar-refractivity contribution in [1.29, 1.82) is 0 Å². The summed E-state index contributed by atoms with van der Waals surface area (Å²) in [4.78, 5) is 29.7. The Morgan fingerprint density at radius 3 is 2.31 bits per heavy atom. The highest BCUT2D eigenvalue weighted by Crippen LogP contribution is 2.27. The molecule has 0 unspecified atom stereocenters. The Bertz CT molecular complexity index is 1400. The van der Waals surface area contributed by atoms with Crippen LogP contribution in [0, 0.1) is 0 Å². The van der Waals surface area contributed by atoms with Gasteiger partial charge in [-0.2, -0.15) is 9.30 Å². The molecule has 0 saturated carbocycles. The molecule has 4 rings (SSSR count). The molecule has 1 aliphatic rings. The first kappa shape index (κ1) is 25.1. The first-order valence-corrected chi connectivity index (χ1v) is 13.5. The Labute approximate surface area is 207 Å². The molecule has 2 heterocycles. The third kappa shape index (κ3) is 5.31. The number of amides is 1. The molecule has 1 aliphatic heterocycles. The van der Waals surface area contributed by atoms with E-state index in [0.29, 0.717) is 29.2 Å². The van der Waals surface area contributed by atoms with Gasteiger partial charge in [-0.1, -0.05) is 30.2 Å². The smallest absolute Gasteiger partial charge is 0.325 e. The minimum atomic E-state index is -3.61. The zero-order valence-corrected chi connectivity index (χ0v) is 21.2. The molecule has 0 aliphatic carbocycles. The normalized spacial score (nSPS) is 15.7. The monoisotopic (exact) mass is 517 g/mol. The highest BCUT2D eigenvalue weighted by Gasteiger charge is 2.25. The van der Waals surface area contributed by atoms with Gasteiger partial charge in [0.2, 0.25) is 10.0 Å². The molecule has 0 atom stereocenters. The van der Waals surface area contributed by atoms with Gasteiger partial charge in [0.25, 0.3) is 5.91 Å². The average Bonchev–Trinajstić information content (AvgIpc) is 3.03. The van der Waals surface area contributed by atoms with Gasteiger partial charge in [-0.25, -0.2) is 8.42 Å². The maximum absolute atomic E-state index is 13.0. The van der Waals surface area contributed by atoms with E-state index in [1.807, 2.05) is 12.1 Å². The summed E-state index contributed by atoms with van der Waals surface area (Å²) in [7, 11) is -0.795. The van der Waals surface area contributed by atoms with Crippen LogP contribution < -0.4 is 9.54 Å². The molecule has 35 heavy (non-hydrogen) atoms. The van der Waals surface area contributed by atoms with E-state index in [0.717, 1.165) is 30.4 Å². The van der Waals surface area contributed by atoms with Gasteiger partial charge < -0.3 is 14.0 Å². The van der Waals surface area contributed by atoms with Crippen molar-refractivity contribution in [2.75, 3.05) is 27.3 Å². The summed E-state index contributed by atoms with van der Waals surface area (Å²) in [6, 6.07) is 11.2. The van der Waals surface area contributed by atoms with Crippen molar-refractivity contribution in [3.8, 4) is 5.75 Å². The molecular formula is C24H27N3O6S2. The summed E-state index contributed by atoms with van der Waals surface area (Å²) >= 11 is 1.24. The fraction of sp³-hybridized carbons (Fsp3) is 0.375. The van der Waals surface area contributed by atoms with Gasteiger partial charge in [0, 0.05) is 18.7 Å². The highest BCUT2D eigenvalue weighted by molar-refractivity contribution is 7.89. The molecule has 11 heteroatoms. The number of carbonyl (C=O) groups excluding carboxylic acids is 2. The molecular weight excluding hydrogens is 490 g/mol. The number of benzene rings is 2. The number of rotatable bonds is 6. The lowest BCUT2D eigenvalue weighted by molar-refractivity contribution is -0.141. The van der Waals surface area contributed by atoms with Crippen LogP contribution in [-0.2, 0) is 26.1 Å². The largest absolute Gasteiger partial charge is 0.495 e. The molecule has 3 aromatic rings. The first-order valence-electron chi connectivity index (χ1n) is 11.3. The number of sulfonamides is 1. The number of esters is 1. The minimum absolute atomic E-state index is 0.143. The number of hydrogen-bond donors (Lipinski definition) is 0. The van der Waals surface area contributed by atoms with Gasteiger partial charge in [0.05, 0.1) is 23.8 Å². The molecule has 9 nitrogen and oxygen atoms in total. The standard InChI is InChI=1S/C24H27N3O6S2/c1-32-19-8-7-9-20-22(19)27(16-21(28)33-2)24(34-20)25-23(29)17-10-12-18(13-11-17)35(30,31)26-14-5-3-4-6-15-26/h7-13H,3-6,14-16H2,1-2H3. The van der Waals surface area contributed by atoms with Crippen molar-refractivity contribution < 1.29 is 27.5 Å². The van der Waals surface area contributed by atoms with E-state index in [4.69, 9.17) is 9.47 Å². The number of aromatic nitrogens is 1. The number of fused-ring (bicyclic) bond motifs is 1. The second-order valence-electron chi connectivity index (χ2n) is 8.11. The van der Waals surface area contributed by atoms with Crippen molar-refractivity contribution in [2.45, 2.75) is 37.1 Å². The van der Waals surface area contributed by atoms with E-state index in [1.54, 1.807) is 10.6 Å². The molecule has 1 saturated heterocycles. The molecule has 0 radical (unpaired) electrons. The zero-order valence-electron chi connectivity index (χ0n) is 19.6. The fourth-order valence-corrected chi connectivity index (χ4v) is 6.60. The van der Waals surface area contributed by atoms with Crippen LogP contribution in [0.2, 0.25) is 0 Å². The van der Waals surface area contributed by atoms with Crippen LogP contribution in [0.3, 0.4) is 0 Å².